The molecule has 0 aliphatic carbocycles. The Bertz CT molecular complexity index is 301. The van der Waals surface area contributed by atoms with Crippen LogP contribution in [0.15, 0.2) is 24.3 Å². The number of hydrogen-bond donors (Lipinski definition) is 1. The second-order valence-corrected chi connectivity index (χ2v) is 4.31. The van der Waals surface area contributed by atoms with Gasteiger partial charge in [-0.15, -0.1) is 0 Å². The SMILES string of the molecule is OC1c2ccccc2OCCC1Br. The van der Waals surface area contributed by atoms with Gasteiger partial charge in [0.2, 0.25) is 0 Å². The van der Waals surface area contributed by atoms with E-state index in [-0.39, 0.29) is 4.83 Å². The average Bonchev–Trinajstić information content (AvgIpc) is 2.29. The summed E-state index contributed by atoms with van der Waals surface area (Å²) in [6.45, 7) is 0.657. The van der Waals surface area contributed by atoms with Crippen molar-refractivity contribution >= 4 is 15.9 Å². The van der Waals surface area contributed by atoms with Gasteiger partial charge in [-0.1, -0.05) is 34.1 Å². The maximum atomic E-state index is 9.88. The normalized spacial score (nSPS) is 27.2. The Morgan fingerprint density at radius 1 is 1.38 bits per heavy atom. The lowest BCUT2D eigenvalue weighted by Crippen LogP contribution is -2.10. The number of fused-ring (bicyclic) bond motifs is 1. The zero-order chi connectivity index (χ0) is 9.26. The van der Waals surface area contributed by atoms with E-state index < -0.39 is 6.10 Å². The third-order valence-electron chi connectivity index (χ3n) is 2.23. The first-order chi connectivity index (χ1) is 6.29. The van der Waals surface area contributed by atoms with E-state index in [4.69, 9.17) is 4.74 Å². The van der Waals surface area contributed by atoms with Gasteiger partial charge in [0, 0.05) is 10.4 Å². The van der Waals surface area contributed by atoms with Crippen molar-refractivity contribution in [1.82, 2.24) is 0 Å². The molecule has 2 rings (SSSR count). The van der Waals surface area contributed by atoms with Crippen molar-refractivity contribution in [2.75, 3.05) is 6.61 Å². The fraction of sp³-hybridized carbons (Fsp3) is 0.400. The molecule has 1 aliphatic heterocycles. The Morgan fingerprint density at radius 2 is 2.15 bits per heavy atom. The molecule has 2 unspecified atom stereocenters. The Labute approximate surface area is 85.7 Å². The van der Waals surface area contributed by atoms with Gasteiger partial charge in [-0.05, 0) is 12.5 Å². The molecular formula is C10H11BrO2. The van der Waals surface area contributed by atoms with Gasteiger partial charge in [-0.25, -0.2) is 0 Å². The average molecular weight is 243 g/mol. The molecular weight excluding hydrogens is 232 g/mol. The van der Waals surface area contributed by atoms with E-state index in [9.17, 15) is 5.11 Å². The number of hydrogen-bond acceptors (Lipinski definition) is 2. The Kier molecular flexibility index (Phi) is 2.56. The molecule has 0 saturated carbocycles. The molecule has 0 aromatic heterocycles. The fourth-order valence-corrected chi connectivity index (χ4v) is 1.96. The van der Waals surface area contributed by atoms with Crippen LogP contribution >= 0.6 is 15.9 Å². The summed E-state index contributed by atoms with van der Waals surface area (Å²) in [5.74, 6) is 0.803. The van der Waals surface area contributed by atoms with E-state index in [0.717, 1.165) is 17.7 Å². The number of benzene rings is 1. The van der Waals surface area contributed by atoms with E-state index >= 15 is 0 Å². The van der Waals surface area contributed by atoms with Crippen LogP contribution in [-0.2, 0) is 0 Å². The van der Waals surface area contributed by atoms with Crippen molar-refractivity contribution in [2.45, 2.75) is 17.4 Å². The molecule has 0 spiro atoms. The summed E-state index contributed by atoms with van der Waals surface area (Å²) in [4.78, 5) is 0.0937. The van der Waals surface area contributed by atoms with Crippen LogP contribution in [0.2, 0.25) is 0 Å². The summed E-state index contributed by atoms with van der Waals surface area (Å²) >= 11 is 3.44. The quantitative estimate of drug-likeness (QED) is 0.708. The van der Waals surface area contributed by atoms with Crippen molar-refractivity contribution in [3.63, 3.8) is 0 Å². The molecule has 3 heteroatoms. The van der Waals surface area contributed by atoms with E-state index in [2.05, 4.69) is 15.9 Å². The Hall–Kier alpha value is -0.540. The second kappa shape index (κ2) is 3.68. The molecule has 1 aliphatic rings. The van der Waals surface area contributed by atoms with Crippen LogP contribution in [0.5, 0.6) is 5.75 Å². The van der Waals surface area contributed by atoms with Gasteiger partial charge in [0.15, 0.2) is 0 Å². The summed E-state index contributed by atoms with van der Waals surface area (Å²) < 4.78 is 5.50. The Balaban J connectivity index is 2.40. The second-order valence-electron chi connectivity index (χ2n) is 3.14. The molecule has 1 heterocycles. The van der Waals surface area contributed by atoms with Crippen LogP contribution in [0.25, 0.3) is 0 Å². The maximum absolute atomic E-state index is 9.88. The van der Waals surface area contributed by atoms with Crippen LogP contribution < -0.4 is 4.74 Å². The lowest BCUT2D eigenvalue weighted by molar-refractivity contribution is 0.176. The summed E-state index contributed by atoms with van der Waals surface area (Å²) in [6.07, 6.45) is 0.370. The molecule has 2 atom stereocenters. The first-order valence-electron chi connectivity index (χ1n) is 4.33. The monoisotopic (exact) mass is 242 g/mol. The molecule has 1 N–H and O–H groups in total. The van der Waals surface area contributed by atoms with Gasteiger partial charge < -0.3 is 9.84 Å². The zero-order valence-corrected chi connectivity index (χ0v) is 8.70. The number of ether oxygens (including phenoxy) is 1. The van der Waals surface area contributed by atoms with Crippen molar-refractivity contribution in [3.05, 3.63) is 29.8 Å². The van der Waals surface area contributed by atoms with Crippen molar-refractivity contribution in [1.29, 1.82) is 0 Å². The predicted octanol–water partition coefficient (Wildman–Crippen LogP) is 2.27. The number of alkyl halides is 1. The molecule has 1 aromatic carbocycles. The lowest BCUT2D eigenvalue weighted by Gasteiger charge is -2.13. The van der Waals surface area contributed by atoms with Gasteiger partial charge in [-0.3, -0.25) is 0 Å². The highest BCUT2D eigenvalue weighted by atomic mass is 79.9. The highest BCUT2D eigenvalue weighted by Crippen LogP contribution is 2.34. The van der Waals surface area contributed by atoms with Crippen molar-refractivity contribution < 1.29 is 9.84 Å². The molecule has 2 nitrogen and oxygen atoms in total. The third-order valence-corrected chi connectivity index (χ3v) is 3.19. The highest BCUT2D eigenvalue weighted by molar-refractivity contribution is 9.09. The minimum Gasteiger partial charge on any atom is -0.493 e. The van der Waals surface area contributed by atoms with Gasteiger partial charge in [0.1, 0.15) is 5.75 Å². The zero-order valence-electron chi connectivity index (χ0n) is 7.11. The maximum Gasteiger partial charge on any atom is 0.125 e. The summed E-state index contributed by atoms with van der Waals surface area (Å²) in [6, 6.07) is 7.62. The Morgan fingerprint density at radius 3 is 3.00 bits per heavy atom. The first kappa shape index (κ1) is 9.03. The topological polar surface area (TPSA) is 29.5 Å². The molecule has 70 valence electrons. The number of halogens is 1. The molecule has 0 saturated heterocycles. The summed E-state index contributed by atoms with van der Waals surface area (Å²) in [5, 5.41) is 9.88. The summed E-state index contributed by atoms with van der Waals surface area (Å²) in [5.41, 5.74) is 0.877. The minimum absolute atomic E-state index is 0.0937. The van der Waals surface area contributed by atoms with Gasteiger partial charge in [0.05, 0.1) is 12.7 Å². The molecule has 13 heavy (non-hydrogen) atoms. The molecule has 0 fully saturated rings. The van der Waals surface area contributed by atoms with Crippen LogP contribution in [-0.4, -0.2) is 16.5 Å². The standard InChI is InChI=1S/C10H11BrO2/c11-8-5-6-13-9-4-2-1-3-7(9)10(8)12/h1-4,8,10,12H,5-6H2. The van der Waals surface area contributed by atoms with Crippen molar-refractivity contribution in [3.8, 4) is 5.75 Å². The summed E-state index contributed by atoms with van der Waals surface area (Å²) in [7, 11) is 0. The van der Waals surface area contributed by atoms with Crippen LogP contribution in [0.3, 0.4) is 0 Å². The number of rotatable bonds is 0. The molecule has 1 aromatic rings. The van der Waals surface area contributed by atoms with Gasteiger partial charge >= 0.3 is 0 Å². The number of para-hydroxylation sites is 1. The van der Waals surface area contributed by atoms with Crippen LogP contribution in [0, 0.1) is 0 Å². The van der Waals surface area contributed by atoms with Gasteiger partial charge in [0.25, 0.3) is 0 Å². The lowest BCUT2D eigenvalue weighted by atomic mass is 10.1. The predicted molar refractivity (Wildman–Crippen MR) is 54.2 cm³/mol. The largest absolute Gasteiger partial charge is 0.493 e. The number of aliphatic hydroxyl groups is 1. The van der Waals surface area contributed by atoms with Crippen molar-refractivity contribution in [2.24, 2.45) is 0 Å². The van der Waals surface area contributed by atoms with E-state index in [1.807, 2.05) is 24.3 Å². The molecule has 0 bridgehead atoms. The highest BCUT2D eigenvalue weighted by Gasteiger charge is 2.24. The van der Waals surface area contributed by atoms with E-state index in [1.54, 1.807) is 0 Å². The smallest absolute Gasteiger partial charge is 0.125 e. The fourth-order valence-electron chi connectivity index (χ4n) is 1.49. The molecule has 0 radical (unpaired) electrons. The van der Waals surface area contributed by atoms with E-state index in [1.165, 1.54) is 0 Å². The van der Waals surface area contributed by atoms with E-state index in [0.29, 0.717) is 6.61 Å². The van der Waals surface area contributed by atoms with Crippen LogP contribution in [0.4, 0.5) is 0 Å². The first-order valence-corrected chi connectivity index (χ1v) is 5.24. The minimum atomic E-state index is -0.460. The van der Waals surface area contributed by atoms with Crippen LogP contribution in [0.1, 0.15) is 18.1 Å². The number of aliphatic hydroxyl groups excluding tert-OH is 1. The molecule has 0 amide bonds. The van der Waals surface area contributed by atoms with Gasteiger partial charge in [-0.2, -0.15) is 0 Å². The third kappa shape index (κ3) is 1.71.